The van der Waals surface area contributed by atoms with Gasteiger partial charge in [0.1, 0.15) is 6.17 Å². The van der Waals surface area contributed by atoms with Crippen LogP contribution >= 0.6 is 0 Å². The van der Waals surface area contributed by atoms with Gasteiger partial charge in [0.15, 0.2) is 0 Å². The monoisotopic (exact) mass is 479 g/mol. The van der Waals surface area contributed by atoms with Crippen molar-refractivity contribution < 1.29 is 14.0 Å². The van der Waals surface area contributed by atoms with Crippen molar-refractivity contribution >= 4 is 5.91 Å². The number of carbonyl (C=O) groups excluding carboxylic acids is 1. The van der Waals surface area contributed by atoms with Crippen molar-refractivity contribution in [3.8, 4) is 0 Å². The molecule has 0 aromatic carbocycles. The van der Waals surface area contributed by atoms with Crippen molar-refractivity contribution in [2.24, 2.45) is 17.8 Å². The highest BCUT2D eigenvalue weighted by atomic mass is 19.1. The number of piperidine rings is 2. The Kier molecular flexibility index (Phi) is 8.75. The maximum atomic E-state index is 13.5. The highest BCUT2D eigenvalue weighted by Gasteiger charge is 2.38. The molecule has 0 aromatic rings. The molecule has 1 amide bonds. The number of piperazine rings is 1. The van der Waals surface area contributed by atoms with Crippen molar-refractivity contribution in [3.63, 3.8) is 0 Å². The Morgan fingerprint density at radius 2 is 1.76 bits per heavy atom. The van der Waals surface area contributed by atoms with E-state index >= 15 is 0 Å². The van der Waals surface area contributed by atoms with Gasteiger partial charge in [-0.1, -0.05) is 0 Å². The molecule has 0 radical (unpaired) electrons. The summed E-state index contributed by atoms with van der Waals surface area (Å²) in [5.41, 5.74) is 3.31. The number of hydrogen-bond acceptors (Lipinski definition) is 6. The topological polar surface area (TPSA) is 68.9 Å². The molecule has 5 fully saturated rings. The van der Waals surface area contributed by atoms with Crippen molar-refractivity contribution in [3.05, 3.63) is 0 Å². The highest BCUT2D eigenvalue weighted by Crippen LogP contribution is 2.36. The summed E-state index contributed by atoms with van der Waals surface area (Å²) in [6.45, 7) is 6.86. The third-order valence-electron chi connectivity index (χ3n) is 9.31. The van der Waals surface area contributed by atoms with E-state index in [1.54, 1.807) is 0 Å². The van der Waals surface area contributed by atoms with Crippen LogP contribution in [0.3, 0.4) is 0 Å². The minimum Gasteiger partial charge on any atom is -0.340 e. The van der Waals surface area contributed by atoms with E-state index < -0.39 is 6.17 Å². The fraction of sp³-hybridized carbons (Fsp3) is 0.962. The second-order valence-corrected chi connectivity index (χ2v) is 11.6. The third kappa shape index (κ3) is 6.30. The Bertz CT molecular complexity index is 647. The molecular formula is C26H46FN5O2. The summed E-state index contributed by atoms with van der Waals surface area (Å²) < 4.78 is 13.5. The van der Waals surface area contributed by atoms with Gasteiger partial charge in [-0.05, 0) is 102 Å². The maximum absolute atomic E-state index is 13.5. The third-order valence-corrected chi connectivity index (χ3v) is 9.31. The quantitative estimate of drug-likeness (QED) is 0.544. The fourth-order valence-electron chi connectivity index (χ4n) is 7.11. The van der Waals surface area contributed by atoms with Gasteiger partial charge in [-0.2, -0.15) is 5.48 Å². The van der Waals surface area contributed by atoms with Crippen LogP contribution in [0.5, 0.6) is 0 Å². The standard InChI is InChI=1S/C26H46FN5O2/c27-22-6-4-19(5-7-22)24-17-23(30-34-24)15-21-18-28-10-8-20(21)16-26(33)32-13-11-31(12-14-32)25-3-1-2-9-29-25/h19-25,28-30H,1-18H2/t19?,20-,21+,22?,23?,24?,25?/m1/s1. The predicted octanol–water partition coefficient (Wildman–Crippen LogP) is 2.43. The summed E-state index contributed by atoms with van der Waals surface area (Å²) in [4.78, 5) is 23.9. The van der Waals surface area contributed by atoms with E-state index in [0.717, 1.165) is 77.9 Å². The molecule has 194 valence electrons. The zero-order chi connectivity index (χ0) is 23.3. The molecule has 4 saturated heterocycles. The number of hydrogen-bond donors (Lipinski definition) is 3. The van der Waals surface area contributed by atoms with Crippen LogP contribution < -0.4 is 16.1 Å². The molecule has 0 bridgehead atoms. The summed E-state index contributed by atoms with van der Waals surface area (Å²) in [6.07, 6.45) is 11.1. The Morgan fingerprint density at radius 1 is 0.941 bits per heavy atom. The zero-order valence-corrected chi connectivity index (χ0v) is 20.9. The molecule has 4 heterocycles. The van der Waals surface area contributed by atoms with Crippen molar-refractivity contribution in [2.75, 3.05) is 45.8 Å². The first-order valence-corrected chi connectivity index (χ1v) is 14.2. The SMILES string of the molecule is O=C(C[C@H]1CCNC[C@@H]1CC1CC(C2CCC(F)CC2)ON1)N1CCN(C2CCCCN2)CC1. The largest absolute Gasteiger partial charge is 0.340 e. The van der Waals surface area contributed by atoms with Gasteiger partial charge in [0.25, 0.3) is 0 Å². The molecular weight excluding hydrogens is 433 g/mol. The Hall–Kier alpha value is -0.800. The van der Waals surface area contributed by atoms with Gasteiger partial charge in [-0.25, -0.2) is 4.39 Å². The second kappa shape index (κ2) is 12.0. The van der Waals surface area contributed by atoms with Crippen LogP contribution in [-0.4, -0.2) is 86.0 Å². The maximum Gasteiger partial charge on any atom is 0.222 e. The molecule has 3 N–H and O–H groups in total. The summed E-state index contributed by atoms with van der Waals surface area (Å²) in [5, 5.41) is 7.21. The molecule has 5 aliphatic rings. The average molecular weight is 480 g/mol. The molecule has 4 aliphatic heterocycles. The molecule has 1 aliphatic carbocycles. The molecule has 5 rings (SSSR count). The first-order chi connectivity index (χ1) is 16.7. The molecule has 1 saturated carbocycles. The van der Waals surface area contributed by atoms with E-state index in [2.05, 4.69) is 25.9 Å². The lowest BCUT2D eigenvalue weighted by molar-refractivity contribution is -0.135. The highest BCUT2D eigenvalue weighted by molar-refractivity contribution is 5.76. The summed E-state index contributed by atoms with van der Waals surface area (Å²) in [6, 6.07) is 0.349. The number of amides is 1. The van der Waals surface area contributed by atoms with Crippen molar-refractivity contribution in [1.82, 2.24) is 25.9 Å². The number of halogens is 1. The molecule has 0 spiro atoms. The van der Waals surface area contributed by atoms with Crippen LogP contribution in [-0.2, 0) is 9.63 Å². The smallest absolute Gasteiger partial charge is 0.222 e. The van der Waals surface area contributed by atoms with Crippen LogP contribution in [0.15, 0.2) is 0 Å². The van der Waals surface area contributed by atoms with Crippen LogP contribution in [0.25, 0.3) is 0 Å². The van der Waals surface area contributed by atoms with E-state index in [1.165, 1.54) is 19.3 Å². The van der Waals surface area contributed by atoms with Gasteiger partial charge in [0.05, 0.1) is 12.3 Å². The Labute approximate surface area is 204 Å². The number of hydroxylamine groups is 1. The van der Waals surface area contributed by atoms with Gasteiger partial charge in [0, 0.05) is 38.6 Å². The van der Waals surface area contributed by atoms with Gasteiger partial charge >= 0.3 is 0 Å². The molecule has 0 aromatic heterocycles. The average Bonchev–Trinajstić information content (AvgIpc) is 3.35. The molecule has 7 nitrogen and oxygen atoms in total. The van der Waals surface area contributed by atoms with Crippen molar-refractivity contribution in [2.45, 2.75) is 95.1 Å². The summed E-state index contributed by atoms with van der Waals surface area (Å²) >= 11 is 0. The van der Waals surface area contributed by atoms with E-state index in [-0.39, 0.29) is 6.10 Å². The number of carbonyl (C=O) groups is 1. The van der Waals surface area contributed by atoms with Gasteiger partial charge in [-0.3, -0.25) is 14.5 Å². The lowest BCUT2D eigenvalue weighted by atomic mass is 9.78. The predicted molar refractivity (Wildman–Crippen MR) is 131 cm³/mol. The molecule has 34 heavy (non-hydrogen) atoms. The van der Waals surface area contributed by atoms with Crippen molar-refractivity contribution in [1.29, 1.82) is 0 Å². The zero-order valence-electron chi connectivity index (χ0n) is 20.9. The first-order valence-electron chi connectivity index (χ1n) is 14.2. The minimum atomic E-state index is -0.611. The van der Waals surface area contributed by atoms with Crippen LogP contribution in [0, 0.1) is 17.8 Å². The first kappa shape index (κ1) is 24.9. The van der Waals surface area contributed by atoms with Gasteiger partial charge < -0.3 is 15.5 Å². The second-order valence-electron chi connectivity index (χ2n) is 11.6. The van der Waals surface area contributed by atoms with Crippen LogP contribution in [0.1, 0.15) is 70.6 Å². The lowest BCUT2D eigenvalue weighted by Crippen LogP contribution is -2.57. The molecule has 3 unspecified atom stereocenters. The number of rotatable bonds is 6. The normalized spacial score (nSPS) is 40.4. The fourth-order valence-corrected chi connectivity index (χ4v) is 7.11. The van der Waals surface area contributed by atoms with Crippen LogP contribution in [0.4, 0.5) is 4.39 Å². The van der Waals surface area contributed by atoms with E-state index in [9.17, 15) is 9.18 Å². The van der Waals surface area contributed by atoms with Gasteiger partial charge in [-0.15, -0.1) is 0 Å². The Morgan fingerprint density at radius 3 is 2.53 bits per heavy atom. The molecule has 5 atom stereocenters. The minimum absolute atomic E-state index is 0.226. The number of alkyl halides is 1. The van der Waals surface area contributed by atoms with E-state index in [1.807, 2.05) is 0 Å². The summed E-state index contributed by atoms with van der Waals surface area (Å²) in [5.74, 6) is 1.81. The molecule has 8 heteroatoms. The lowest BCUT2D eigenvalue weighted by Gasteiger charge is -2.42. The van der Waals surface area contributed by atoms with E-state index in [0.29, 0.717) is 55.1 Å². The number of nitrogens with zero attached hydrogens (tertiary/aromatic N) is 2. The van der Waals surface area contributed by atoms with Gasteiger partial charge in [0.2, 0.25) is 5.91 Å². The van der Waals surface area contributed by atoms with E-state index in [4.69, 9.17) is 4.84 Å². The summed E-state index contributed by atoms with van der Waals surface area (Å²) in [7, 11) is 0. The van der Waals surface area contributed by atoms with Crippen LogP contribution in [0.2, 0.25) is 0 Å². The Balaban J connectivity index is 1.07. The number of nitrogens with one attached hydrogen (secondary N) is 3.